The highest BCUT2D eigenvalue weighted by Crippen LogP contribution is 2.46. The van der Waals surface area contributed by atoms with Crippen LogP contribution in [0.4, 0.5) is 0 Å². The van der Waals surface area contributed by atoms with Crippen molar-refractivity contribution in [2.24, 2.45) is 5.73 Å². The molecule has 110 valence electrons. The van der Waals surface area contributed by atoms with Crippen LogP contribution in [0, 0.1) is 0 Å². The molecular weight excluding hydrogens is 282 g/mol. The summed E-state index contributed by atoms with van der Waals surface area (Å²) in [5.41, 5.74) is 14.4. The summed E-state index contributed by atoms with van der Waals surface area (Å²) in [6, 6.07) is 22.7. The zero-order valence-electron chi connectivity index (χ0n) is 12.5. The number of rotatable bonds is 1. The van der Waals surface area contributed by atoms with Crippen LogP contribution in [0.3, 0.4) is 0 Å². The lowest BCUT2D eigenvalue weighted by Crippen LogP contribution is -2.07. The fraction of sp³-hybridized carbons (Fsp3) is 0.0500. The van der Waals surface area contributed by atoms with Crippen molar-refractivity contribution in [1.82, 2.24) is 9.97 Å². The van der Waals surface area contributed by atoms with Crippen LogP contribution in [-0.2, 0) is 0 Å². The smallest absolute Gasteiger partial charge is 0.139 e. The molecule has 0 saturated heterocycles. The number of H-pyrrole nitrogens is 1. The van der Waals surface area contributed by atoms with E-state index in [9.17, 15) is 0 Å². The third-order valence-electron chi connectivity index (χ3n) is 4.64. The monoisotopic (exact) mass is 297 g/mol. The van der Waals surface area contributed by atoms with E-state index in [1.165, 1.54) is 22.3 Å². The standard InChI is InChI=1S/C20H15N3/c21-19-13-7-2-1-6-12(13)18-14(19)8-5-9-15(18)20-22-16-10-3-4-11-17(16)23-20/h1-11,19H,21H2,(H,22,23)/t19-/m1/s1. The summed E-state index contributed by atoms with van der Waals surface area (Å²) in [4.78, 5) is 8.20. The second-order valence-electron chi connectivity index (χ2n) is 5.94. The molecule has 3 N–H and O–H groups in total. The molecule has 1 heterocycles. The normalized spacial score (nSPS) is 15.6. The van der Waals surface area contributed by atoms with Crippen molar-refractivity contribution >= 4 is 11.0 Å². The summed E-state index contributed by atoms with van der Waals surface area (Å²) in [5.74, 6) is 0.895. The summed E-state index contributed by atoms with van der Waals surface area (Å²) in [6.07, 6.45) is 0. The van der Waals surface area contributed by atoms with Gasteiger partial charge in [-0.2, -0.15) is 0 Å². The molecule has 23 heavy (non-hydrogen) atoms. The third kappa shape index (κ3) is 1.71. The molecule has 3 nitrogen and oxygen atoms in total. The number of hydrogen-bond acceptors (Lipinski definition) is 2. The second kappa shape index (κ2) is 4.54. The van der Waals surface area contributed by atoms with E-state index in [0.717, 1.165) is 22.4 Å². The zero-order valence-corrected chi connectivity index (χ0v) is 12.5. The molecule has 1 aromatic heterocycles. The predicted octanol–water partition coefficient (Wildman–Crippen LogP) is 4.26. The number of nitrogens with two attached hydrogens (primary N) is 1. The van der Waals surface area contributed by atoms with Crippen LogP contribution in [0.1, 0.15) is 17.2 Å². The molecular formula is C20H15N3. The highest BCUT2D eigenvalue weighted by molar-refractivity contribution is 5.91. The van der Waals surface area contributed by atoms with E-state index in [0.29, 0.717) is 0 Å². The first-order chi connectivity index (χ1) is 11.3. The van der Waals surface area contributed by atoms with Gasteiger partial charge in [-0.25, -0.2) is 4.98 Å². The van der Waals surface area contributed by atoms with Gasteiger partial charge < -0.3 is 10.7 Å². The summed E-state index contributed by atoms with van der Waals surface area (Å²) >= 11 is 0. The minimum Gasteiger partial charge on any atom is -0.338 e. The fourth-order valence-corrected chi connectivity index (χ4v) is 3.57. The molecule has 0 amide bonds. The Hall–Kier alpha value is -2.91. The van der Waals surface area contributed by atoms with Crippen LogP contribution in [0.5, 0.6) is 0 Å². The van der Waals surface area contributed by atoms with E-state index in [1.54, 1.807) is 0 Å². The number of nitrogens with zero attached hydrogens (tertiary/aromatic N) is 1. The van der Waals surface area contributed by atoms with E-state index >= 15 is 0 Å². The highest BCUT2D eigenvalue weighted by Gasteiger charge is 2.28. The van der Waals surface area contributed by atoms with Gasteiger partial charge in [0, 0.05) is 5.56 Å². The number of aromatic amines is 1. The van der Waals surface area contributed by atoms with Crippen molar-refractivity contribution < 1.29 is 0 Å². The van der Waals surface area contributed by atoms with Gasteiger partial charge in [0.2, 0.25) is 0 Å². The summed E-state index contributed by atoms with van der Waals surface area (Å²) < 4.78 is 0. The SMILES string of the molecule is N[C@@H]1c2ccccc2-c2c(-c3nc4ccccc4[nH]3)cccc21. The Morgan fingerprint density at radius 3 is 2.43 bits per heavy atom. The lowest BCUT2D eigenvalue weighted by molar-refractivity contribution is 0.901. The van der Waals surface area contributed by atoms with Crippen LogP contribution < -0.4 is 5.73 Å². The van der Waals surface area contributed by atoms with Crippen LogP contribution in [-0.4, -0.2) is 9.97 Å². The minimum atomic E-state index is -0.0643. The first kappa shape index (κ1) is 12.6. The fourth-order valence-electron chi connectivity index (χ4n) is 3.57. The number of hydrogen-bond donors (Lipinski definition) is 2. The number of imidazole rings is 1. The maximum absolute atomic E-state index is 6.45. The largest absolute Gasteiger partial charge is 0.338 e. The van der Waals surface area contributed by atoms with Crippen LogP contribution in [0.2, 0.25) is 0 Å². The molecule has 0 unspecified atom stereocenters. The van der Waals surface area contributed by atoms with Crippen LogP contribution in [0.15, 0.2) is 66.7 Å². The van der Waals surface area contributed by atoms with Gasteiger partial charge in [-0.3, -0.25) is 0 Å². The van der Waals surface area contributed by atoms with Gasteiger partial charge in [0.1, 0.15) is 5.82 Å². The number of fused-ring (bicyclic) bond motifs is 4. The van der Waals surface area contributed by atoms with Crippen molar-refractivity contribution in [1.29, 1.82) is 0 Å². The van der Waals surface area contributed by atoms with Crippen molar-refractivity contribution in [3.63, 3.8) is 0 Å². The first-order valence-electron chi connectivity index (χ1n) is 7.76. The molecule has 3 aromatic carbocycles. The van der Waals surface area contributed by atoms with Gasteiger partial charge in [0.25, 0.3) is 0 Å². The minimum absolute atomic E-state index is 0.0643. The Bertz CT molecular complexity index is 1010. The lowest BCUT2D eigenvalue weighted by atomic mass is 9.99. The van der Waals surface area contributed by atoms with Gasteiger partial charge in [-0.1, -0.05) is 54.6 Å². The molecule has 0 fully saturated rings. The molecule has 0 bridgehead atoms. The Morgan fingerprint density at radius 1 is 0.783 bits per heavy atom. The molecule has 3 heteroatoms. The Balaban J connectivity index is 1.81. The molecule has 0 radical (unpaired) electrons. The highest BCUT2D eigenvalue weighted by atomic mass is 14.9. The van der Waals surface area contributed by atoms with Crippen LogP contribution in [0.25, 0.3) is 33.5 Å². The van der Waals surface area contributed by atoms with Gasteiger partial charge in [-0.05, 0) is 34.4 Å². The summed E-state index contributed by atoms with van der Waals surface area (Å²) in [7, 11) is 0. The van der Waals surface area contributed by atoms with Crippen molar-refractivity contribution in [2.75, 3.05) is 0 Å². The molecule has 0 aliphatic heterocycles. The Morgan fingerprint density at radius 2 is 1.52 bits per heavy atom. The molecule has 0 saturated carbocycles. The topological polar surface area (TPSA) is 54.7 Å². The molecule has 4 aromatic rings. The molecule has 1 atom stereocenters. The third-order valence-corrected chi connectivity index (χ3v) is 4.64. The average Bonchev–Trinajstić information content (AvgIpc) is 3.15. The first-order valence-corrected chi connectivity index (χ1v) is 7.76. The Labute approximate surface area is 133 Å². The maximum Gasteiger partial charge on any atom is 0.139 e. The zero-order chi connectivity index (χ0) is 15.4. The number of nitrogens with one attached hydrogen (secondary N) is 1. The predicted molar refractivity (Wildman–Crippen MR) is 93.0 cm³/mol. The van der Waals surface area contributed by atoms with E-state index in [1.807, 2.05) is 24.3 Å². The Kier molecular flexibility index (Phi) is 2.49. The second-order valence-corrected chi connectivity index (χ2v) is 5.94. The van der Waals surface area contributed by atoms with Crippen LogP contribution >= 0.6 is 0 Å². The van der Waals surface area contributed by atoms with E-state index in [2.05, 4.69) is 47.4 Å². The lowest BCUT2D eigenvalue weighted by Gasteiger charge is -2.08. The summed E-state index contributed by atoms with van der Waals surface area (Å²) in [5, 5.41) is 0. The van der Waals surface area contributed by atoms with Gasteiger partial charge in [0.15, 0.2) is 0 Å². The summed E-state index contributed by atoms with van der Waals surface area (Å²) in [6.45, 7) is 0. The van der Waals surface area contributed by atoms with Crippen molar-refractivity contribution in [3.8, 4) is 22.5 Å². The van der Waals surface area contributed by atoms with Gasteiger partial charge in [-0.15, -0.1) is 0 Å². The van der Waals surface area contributed by atoms with Gasteiger partial charge in [0.05, 0.1) is 17.1 Å². The van der Waals surface area contributed by atoms with E-state index in [-0.39, 0.29) is 6.04 Å². The molecule has 1 aliphatic carbocycles. The van der Waals surface area contributed by atoms with Crippen molar-refractivity contribution in [3.05, 3.63) is 77.9 Å². The number of benzene rings is 3. The maximum atomic E-state index is 6.45. The molecule has 1 aliphatic rings. The van der Waals surface area contributed by atoms with E-state index in [4.69, 9.17) is 10.7 Å². The van der Waals surface area contributed by atoms with E-state index < -0.39 is 0 Å². The van der Waals surface area contributed by atoms with Gasteiger partial charge >= 0.3 is 0 Å². The molecule has 5 rings (SSSR count). The molecule has 0 spiro atoms. The number of para-hydroxylation sites is 2. The average molecular weight is 297 g/mol. The number of aromatic nitrogens is 2. The quantitative estimate of drug-likeness (QED) is 0.551. The van der Waals surface area contributed by atoms with Crippen molar-refractivity contribution in [2.45, 2.75) is 6.04 Å².